The first-order valence-corrected chi connectivity index (χ1v) is 6.62. The van der Waals surface area contributed by atoms with Crippen LogP contribution in [0.2, 0.25) is 0 Å². The van der Waals surface area contributed by atoms with Crippen LogP contribution in [0.4, 0.5) is 8.78 Å². The van der Waals surface area contributed by atoms with Crippen molar-refractivity contribution in [3.05, 3.63) is 35.4 Å². The van der Waals surface area contributed by atoms with Gasteiger partial charge in [-0.1, -0.05) is 26.7 Å². The summed E-state index contributed by atoms with van der Waals surface area (Å²) in [6.45, 7) is 3.76. The van der Waals surface area contributed by atoms with Gasteiger partial charge in [0.25, 0.3) is 0 Å². The quantitative estimate of drug-likeness (QED) is 0.807. The summed E-state index contributed by atoms with van der Waals surface area (Å²) in [6, 6.07) is 3.18. The fourth-order valence-corrected chi connectivity index (χ4v) is 2.28. The molecule has 106 valence electrons. The second-order valence-electron chi connectivity index (χ2n) is 4.96. The number of halogens is 2. The Kier molecular flexibility index (Phi) is 5.45. The highest BCUT2D eigenvalue weighted by Crippen LogP contribution is 2.34. The Morgan fingerprint density at radius 2 is 2.00 bits per heavy atom. The molecule has 0 spiro atoms. The third kappa shape index (κ3) is 3.75. The number of carboxylic acids is 1. The molecule has 0 fully saturated rings. The highest BCUT2D eigenvalue weighted by molar-refractivity contribution is 5.75. The summed E-state index contributed by atoms with van der Waals surface area (Å²) in [5.74, 6) is -2.02. The lowest BCUT2D eigenvalue weighted by atomic mass is 9.75. The Hall–Kier alpha value is -1.45. The molecule has 4 heteroatoms. The molecule has 0 aliphatic carbocycles. The number of unbranched alkanes of at least 4 members (excludes halogenated alkanes) is 1. The number of benzene rings is 1. The third-order valence-corrected chi connectivity index (χ3v) is 3.68. The van der Waals surface area contributed by atoms with E-state index in [0.717, 1.165) is 31.0 Å². The van der Waals surface area contributed by atoms with E-state index in [4.69, 9.17) is 0 Å². The minimum absolute atomic E-state index is 0.0302. The van der Waals surface area contributed by atoms with E-state index < -0.39 is 23.0 Å². The van der Waals surface area contributed by atoms with Crippen molar-refractivity contribution in [2.75, 3.05) is 0 Å². The van der Waals surface area contributed by atoms with Gasteiger partial charge in [-0.15, -0.1) is 0 Å². The Balaban J connectivity index is 3.05. The Morgan fingerprint density at radius 3 is 2.53 bits per heavy atom. The van der Waals surface area contributed by atoms with Crippen LogP contribution in [0, 0.1) is 17.0 Å². The summed E-state index contributed by atoms with van der Waals surface area (Å²) in [5, 5.41) is 9.46. The molecule has 1 aromatic carbocycles. The van der Waals surface area contributed by atoms with E-state index in [1.54, 1.807) is 6.92 Å². The number of hydrogen-bond acceptors (Lipinski definition) is 1. The van der Waals surface area contributed by atoms with Crippen LogP contribution in [0.5, 0.6) is 0 Å². The molecular weight excluding hydrogens is 250 g/mol. The number of aliphatic carboxylic acids is 1. The number of carbonyl (C=O) groups is 1. The van der Waals surface area contributed by atoms with Gasteiger partial charge >= 0.3 is 5.97 Å². The maximum atomic E-state index is 13.7. The van der Waals surface area contributed by atoms with Crippen LogP contribution in [0.15, 0.2) is 18.2 Å². The molecule has 0 aliphatic heterocycles. The Bertz CT molecular complexity index is 446. The van der Waals surface area contributed by atoms with Crippen molar-refractivity contribution in [3.63, 3.8) is 0 Å². The SMILES string of the molecule is CCCCC(CC)(Cc1cc(F)ccc1F)C(=O)O. The number of carboxylic acid groups (broad SMARTS) is 1. The normalized spacial score (nSPS) is 14.1. The van der Waals surface area contributed by atoms with E-state index in [2.05, 4.69) is 0 Å². The van der Waals surface area contributed by atoms with E-state index >= 15 is 0 Å². The monoisotopic (exact) mass is 270 g/mol. The van der Waals surface area contributed by atoms with E-state index in [1.165, 1.54) is 0 Å². The zero-order valence-electron chi connectivity index (χ0n) is 11.4. The van der Waals surface area contributed by atoms with Gasteiger partial charge in [0.05, 0.1) is 5.41 Å². The maximum Gasteiger partial charge on any atom is 0.309 e. The molecule has 0 aliphatic rings. The summed E-state index contributed by atoms with van der Waals surface area (Å²) in [6.07, 6.45) is 2.55. The van der Waals surface area contributed by atoms with Gasteiger partial charge in [0.1, 0.15) is 11.6 Å². The van der Waals surface area contributed by atoms with Crippen LogP contribution >= 0.6 is 0 Å². The molecule has 0 saturated carbocycles. The van der Waals surface area contributed by atoms with Gasteiger partial charge in [-0.25, -0.2) is 8.78 Å². The molecule has 1 N–H and O–H groups in total. The van der Waals surface area contributed by atoms with Gasteiger partial charge in [-0.05, 0) is 43.0 Å². The van der Waals surface area contributed by atoms with E-state index in [1.807, 2.05) is 6.92 Å². The summed E-state index contributed by atoms with van der Waals surface area (Å²) >= 11 is 0. The van der Waals surface area contributed by atoms with Crippen LogP contribution in [0.3, 0.4) is 0 Å². The van der Waals surface area contributed by atoms with Gasteiger partial charge in [0.2, 0.25) is 0 Å². The molecule has 1 rings (SSSR count). The molecule has 0 aromatic heterocycles. The van der Waals surface area contributed by atoms with Crippen molar-refractivity contribution in [3.8, 4) is 0 Å². The van der Waals surface area contributed by atoms with Crippen LogP contribution in [0.1, 0.15) is 45.1 Å². The first kappa shape index (κ1) is 15.6. The van der Waals surface area contributed by atoms with Crippen molar-refractivity contribution < 1.29 is 18.7 Å². The number of rotatable bonds is 7. The standard InChI is InChI=1S/C15H20F2O2/c1-3-5-8-15(4-2,14(18)19)10-11-9-12(16)6-7-13(11)17/h6-7,9H,3-5,8,10H2,1-2H3,(H,18,19). The molecule has 0 bridgehead atoms. The highest BCUT2D eigenvalue weighted by Gasteiger charge is 2.36. The lowest BCUT2D eigenvalue weighted by molar-refractivity contribution is -0.149. The maximum absolute atomic E-state index is 13.7. The van der Waals surface area contributed by atoms with Crippen molar-refractivity contribution in [1.82, 2.24) is 0 Å². The molecule has 0 radical (unpaired) electrons. The van der Waals surface area contributed by atoms with Gasteiger partial charge in [-0.3, -0.25) is 4.79 Å². The Labute approximate surface area is 112 Å². The lowest BCUT2D eigenvalue weighted by Gasteiger charge is -2.28. The lowest BCUT2D eigenvalue weighted by Crippen LogP contribution is -2.33. The van der Waals surface area contributed by atoms with E-state index in [9.17, 15) is 18.7 Å². The predicted molar refractivity (Wildman–Crippen MR) is 69.9 cm³/mol. The van der Waals surface area contributed by atoms with Gasteiger partial charge < -0.3 is 5.11 Å². The zero-order valence-corrected chi connectivity index (χ0v) is 11.4. The van der Waals surface area contributed by atoms with Gasteiger partial charge in [0.15, 0.2) is 0 Å². The topological polar surface area (TPSA) is 37.3 Å². The molecule has 0 amide bonds. The third-order valence-electron chi connectivity index (χ3n) is 3.68. The number of hydrogen-bond donors (Lipinski definition) is 1. The largest absolute Gasteiger partial charge is 0.481 e. The first-order valence-electron chi connectivity index (χ1n) is 6.62. The summed E-state index contributed by atoms with van der Waals surface area (Å²) in [5.41, 5.74) is -0.870. The van der Waals surface area contributed by atoms with Crippen molar-refractivity contribution in [1.29, 1.82) is 0 Å². The molecule has 0 saturated heterocycles. The average molecular weight is 270 g/mol. The first-order chi connectivity index (χ1) is 8.95. The van der Waals surface area contributed by atoms with Crippen LogP contribution in [-0.4, -0.2) is 11.1 Å². The minimum Gasteiger partial charge on any atom is -0.481 e. The Morgan fingerprint density at radius 1 is 1.32 bits per heavy atom. The summed E-state index contributed by atoms with van der Waals surface area (Å²) in [7, 11) is 0. The minimum atomic E-state index is -1.01. The van der Waals surface area contributed by atoms with Crippen LogP contribution in [0.25, 0.3) is 0 Å². The molecule has 1 aromatic rings. The fraction of sp³-hybridized carbons (Fsp3) is 0.533. The smallest absolute Gasteiger partial charge is 0.309 e. The highest BCUT2D eigenvalue weighted by atomic mass is 19.1. The summed E-state index contributed by atoms with van der Waals surface area (Å²) < 4.78 is 26.8. The summed E-state index contributed by atoms with van der Waals surface area (Å²) in [4.78, 5) is 11.5. The second-order valence-corrected chi connectivity index (χ2v) is 4.96. The molecule has 1 unspecified atom stereocenters. The van der Waals surface area contributed by atoms with Crippen molar-refractivity contribution in [2.45, 2.75) is 46.0 Å². The zero-order chi connectivity index (χ0) is 14.5. The van der Waals surface area contributed by atoms with Gasteiger partial charge in [0, 0.05) is 0 Å². The molecule has 1 atom stereocenters. The predicted octanol–water partition coefficient (Wildman–Crippen LogP) is 4.18. The van der Waals surface area contributed by atoms with Crippen LogP contribution < -0.4 is 0 Å². The molecular formula is C15H20F2O2. The van der Waals surface area contributed by atoms with Crippen molar-refractivity contribution >= 4 is 5.97 Å². The molecule has 19 heavy (non-hydrogen) atoms. The molecule has 2 nitrogen and oxygen atoms in total. The van der Waals surface area contributed by atoms with Crippen LogP contribution in [-0.2, 0) is 11.2 Å². The molecule has 0 heterocycles. The van der Waals surface area contributed by atoms with E-state index in [-0.39, 0.29) is 12.0 Å². The fourth-order valence-electron chi connectivity index (χ4n) is 2.28. The second kappa shape index (κ2) is 6.64. The van der Waals surface area contributed by atoms with E-state index in [0.29, 0.717) is 12.8 Å². The van der Waals surface area contributed by atoms with Crippen molar-refractivity contribution in [2.24, 2.45) is 5.41 Å². The average Bonchev–Trinajstić information content (AvgIpc) is 2.38. The van der Waals surface area contributed by atoms with Gasteiger partial charge in [-0.2, -0.15) is 0 Å².